The molecule has 0 amide bonds. The maximum Gasteiger partial charge on any atom is 0.243 e. The fourth-order valence-electron chi connectivity index (χ4n) is 1.94. The minimum absolute atomic E-state index is 0.0591. The molecule has 19 heavy (non-hydrogen) atoms. The van der Waals surface area contributed by atoms with Gasteiger partial charge in [-0.15, -0.1) is 0 Å². The van der Waals surface area contributed by atoms with E-state index in [1.807, 2.05) is 0 Å². The maximum atomic E-state index is 14.2. The molecule has 1 aliphatic rings. The molecule has 2 N–H and O–H groups in total. The SMILES string of the molecule is CNCc1cc(Br)cc(S(=O)(=O)NC2CCC2)c1F. The lowest BCUT2D eigenvalue weighted by atomic mass is 9.94. The highest BCUT2D eigenvalue weighted by Crippen LogP contribution is 2.26. The van der Waals surface area contributed by atoms with E-state index >= 15 is 0 Å². The number of rotatable bonds is 5. The van der Waals surface area contributed by atoms with Gasteiger partial charge in [0.2, 0.25) is 10.0 Å². The van der Waals surface area contributed by atoms with Crippen LogP contribution in [-0.4, -0.2) is 21.5 Å². The number of benzene rings is 1. The van der Waals surface area contributed by atoms with E-state index in [2.05, 4.69) is 26.0 Å². The molecule has 1 saturated carbocycles. The van der Waals surface area contributed by atoms with Crippen LogP contribution in [0.1, 0.15) is 24.8 Å². The Labute approximate surface area is 121 Å². The first-order valence-corrected chi connectivity index (χ1v) is 8.36. The van der Waals surface area contributed by atoms with E-state index in [9.17, 15) is 12.8 Å². The molecule has 7 heteroatoms. The third-order valence-electron chi connectivity index (χ3n) is 3.16. The smallest absolute Gasteiger partial charge is 0.243 e. The van der Waals surface area contributed by atoms with Crippen LogP contribution < -0.4 is 10.0 Å². The summed E-state index contributed by atoms with van der Waals surface area (Å²) in [6.45, 7) is 0.275. The van der Waals surface area contributed by atoms with Crippen LogP contribution in [0.5, 0.6) is 0 Å². The minimum atomic E-state index is -3.80. The van der Waals surface area contributed by atoms with Crippen LogP contribution in [0.3, 0.4) is 0 Å². The molecule has 0 radical (unpaired) electrons. The molecule has 0 spiro atoms. The van der Waals surface area contributed by atoms with E-state index in [4.69, 9.17) is 0 Å². The average Bonchev–Trinajstić information content (AvgIpc) is 2.28. The maximum absolute atomic E-state index is 14.2. The largest absolute Gasteiger partial charge is 0.316 e. The Morgan fingerprint density at radius 1 is 1.42 bits per heavy atom. The summed E-state index contributed by atoms with van der Waals surface area (Å²) in [5, 5.41) is 2.82. The molecule has 0 unspecified atom stereocenters. The van der Waals surface area contributed by atoms with Gasteiger partial charge in [-0.3, -0.25) is 0 Å². The summed E-state index contributed by atoms with van der Waals surface area (Å²) in [4.78, 5) is -0.293. The third-order valence-corrected chi connectivity index (χ3v) is 5.14. The van der Waals surface area contributed by atoms with Gasteiger partial charge in [0, 0.05) is 22.6 Å². The van der Waals surface area contributed by atoms with Gasteiger partial charge in [0.25, 0.3) is 0 Å². The molecular formula is C12H16BrFN2O2S. The van der Waals surface area contributed by atoms with Gasteiger partial charge in [0.1, 0.15) is 10.7 Å². The van der Waals surface area contributed by atoms with Gasteiger partial charge < -0.3 is 5.32 Å². The number of hydrogen-bond acceptors (Lipinski definition) is 3. The second kappa shape index (κ2) is 5.87. The summed E-state index contributed by atoms with van der Waals surface area (Å²) in [7, 11) is -2.12. The summed E-state index contributed by atoms with van der Waals surface area (Å²) < 4.78 is 41.7. The highest BCUT2D eigenvalue weighted by atomic mass is 79.9. The molecule has 0 saturated heterocycles. The van der Waals surface area contributed by atoms with E-state index in [0.29, 0.717) is 10.0 Å². The van der Waals surface area contributed by atoms with E-state index in [1.165, 1.54) is 6.07 Å². The average molecular weight is 351 g/mol. The van der Waals surface area contributed by atoms with Crippen molar-refractivity contribution in [3.05, 3.63) is 28.0 Å². The molecule has 0 aliphatic heterocycles. The molecule has 0 aromatic heterocycles. The van der Waals surface area contributed by atoms with Crippen LogP contribution in [0, 0.1) is 5.82 Å². The second-order valence-corrected chi connectivity index (χ2v) is 7.25. The van der Waals surface area contributed by atoms with E-state index in [0.717, 1.165) is 19.3 Å². The summed E-state index contributed by atoms with van der Waals surface area (Å²) in [6.07, 6.45) is 2.65. The Hall–Kier alpha value is -0.500. The predicted octanol–water partition coefficient (Wildman–Crippen LogP) is 2.14. The lowest BCUT2D eigenvalue weighted by molar-refractivity contribution is 0.382. The van der Waals surface area contributed by atoms with Crippen LogP contribution in [-0.2, 0) is 16.6 Å². The summed E-state index contributed by atoms with van der Waals surface area (Å²) >= 11 is 3.22. The first-order chi connectivity index (χ1) is 8.94. The van der Waals surface area contributed by atoms with E-state index < -0.39 is 15.8 Å². The first kappa shape index (κ1) is 14.9. The van der Waals surface area contributed by atoms with Crippen LogP contribution in [0.2, 0.25) is 0 Å². The van der Waals surface area contributed by atoms with Crippen molar-refractivity contribution in [2.75, 3.05) is 7.05 Å². The molecule has 0 bridgehead atoms. The Kier molecular flexibility index (Phi) is 4.60. The zero-order valence-corrected chi connectivity index (χ0v) is 12.9. The molecular weight excluding hydrogens is 335 g/mol. The topological polar surface area (TPSA) is 58.2 Å². The van der Waals surface area contributed by atoms with Crippen molar-refractivity contribution in [3.8, 4) is 0 Å². The molecule has 1 aliphatic carbocycles. The quantitative estimate of drug-likeness (QED) is 0.855. The van der Waals surface area contributed by atoms with Crippen LogP contribution >= 0.6 is 15.9 Å². The lowest BCUT2D eigenvalue weighted by Gasteiger charge is -2.26. The standard InChI is InChI=1S/C12H16BrFN2O2S/c1-15-7-8-5-9(13)6-11(12(8)14)19(17,18)16-10-3-2-4-10/h5-6,10,15-16H,2-4,7H2,1H3. The minimum Gasteiger partial charge on any atom is -0.316 e. The van der Waals surface area contributed by atoms with Gasteiger partial charge in [0.05, 0.1) is 0 Å². The van der Waals surface area contributed by atoms with Crippen molar-refractivity contribution in [2.45, 2.75) is 36.7 Å². The monoisotopic (exact) mass is 350 g/mol. The van der Waals surface area contributed by atoms with Gasteiger partial charge in [-0.05, 0) is 32.0 Å². The Morgan fingerprint density at radius 3 is 2.63 bits per heavy atom. The molecule has 1 aromatic rings. The molecule has 2 rings (SSSR count). The number of nitrogens with one attached hydrogen (secondary N) is 2. The van der Waals surface area contributed by atoms with Crippen LogP contribution in [0.15, 0.2) is 21.5 Å². The van der Waals surface area contributed by atoms with Crippen molar-refractivity contribution in [1.29, 1.82) is 0 Å². The first-order valence-electron chi connectivity index (χ1n) is 6.09. The van der Waals surface area contributed by atoms with Crippen molar-refractivity contribution < 1.29 is 12.8 Å². The van der Waals surface area contributed by atoms with E-state index in [1.54, 1.807) is 13.1 Å². The van der Waals surface area contributed by atoms with Crippen LogP contribution in [0.4, 0.5) is 4.39 Å². The Balaban J connectivity index is 2.37. The fourth-order valence-corrected chi connectivity index (χ4v) is 4.05. The van der Waals surface area contributed by atoms with Crippen LogP contribution in [0.25, 0.3) is 0 Å². The van der Waals surface area contributed by atoms with Gasteiger partial charge >= 0.3 is 0 Å². The second-order valence-electron chi connectivity index (χ2n) is 4.66. The highest BCUT2D eigenvalue weighted by molar-refractivity contribution is 9.10. The Bertz CT molecular complexity index is 573. The number of hydrogen-bond donors (Lipinski definition) is 2. The van der Waals surface area contributed by atoms with Crippen molar-refractivity contribution in [1.82, 2.24) is 10.0 Å². The lowest BCUT2D eigenvalue weighted by Crippen LogP contribution is -2.39. The van der Waals surface area contributed by atoms with Gasteiger partial charge in [0.15, 0.2) is 0 Å². The number of halogens is 2. The molecule has 0 heterocycles. The van der Waals surface area contributed by atoms with Crippen molar-refractivity contribution in [2.24, 2.45) is 0 Å². The third kappa shape index (κ3) is 3.34. The summed E-state index contributed by atoms with van der Waals surface area (Å²) in [5.74, 6) is -0.690. The fraction of sp³-hybridized carbons (Fsp3) is 0.500. The Morgan fingerprint density at radius 2 is 2.11 bits per heavy atom. The summed E-state index contributed by atoms with van der Waals surface area (Å²) in [5.41, 5.74) is 0.325. The zero-order valence-electron chi connectivity index (χ0n) is 10.5. The molecule has 106 valence electrons. The zero-order chi connectivity index (χ0) is 14.0. The predicted molar refractivity (Wildman–Crippen MR) is 74.8 cm³/mol. The molecule has 1 aromatic carbocycles. The molecule has 1 fully saturated rings. The van der Waals surface area contributed by atoms with Crippen molar-refractivity contribution in [3.63, 3.8) is 0 Å². The normalized spacial score (nSPS) is 16.4. The molecule has 4 nitrogen and oxygen atoms in total. The molecule has 0 atom stereocenters. The van der Waals surface area contributed by atoms with Gasteiger partial charge in [-0.2, -0.15) is 0 Å². The van der Waals surface area contributed by atoms with Crippen molar-refractivity contribution >= 4 is 26.0 Å². The van der Waals surface area contributed by atoms with Gasteiger partial charge in [-0.1, -0.05) is 22.4 Å². The van der Waals surface area contributed by atoms with Gasteiger partial charge in [-0.25, -0.2) is 17.5 Å². The summed E-state index contributed by atoms with van der Waals surface area (Å²) in [6, 6.07) is 2.82. The van der Waals surface area contributed by atoms with E-state index in [-0.39, 0.29) is 17.5 Å². The highest BCUT2D eigenvalue weighted by Gasteiger charge is 2.28. The number of sulfonamides is 1.